The molecule has 6 heteroatoms. The van der Waals surface area contributed by atoms with Crippen LogP contribution in [0.2, 0.25) is 10.0 Å². The van der Waals surface area contributed by atoms with E-state index in [2.05, 4.69) is 5.32 Å². The number of benzene rings is 2. The molecule has 0 aromatic heterocycles. The maximum Gasteiger partial charge on any atom is 0.260 e. The lowest BCUT2D eigenvalue weighted by Crippen LogP contribution is -2.12. The second-order valence-corrected chi connectivity index (χ2v) is 5.25. The SMILES string of the molecule is O=C(Nc1ccc(CCO)cc1)c1c(O)cc(Cl)cc1Cl. The van der Waals surface area contributed by atoms with Crippen molar-refractivity contribution in [1.82, 2.24) is 0 Å². The van der Waals surface area contributed by atoms with Crippen LogP contribution in [-0.2, 0) is 6.42 Å². The van der Waals surface area contributed by atoms with Gasteiger partial charge < -0.3 is 15.5 Å². The molecule has 0 saturated carbocycles. The molecule has 0 heterocycles. The molecule has 2 aromatic carbocycles. The Balaban J connectivity index is 2.18. The molecule has 3 N–H and O–H groups in total. The highest BCUT2D eigenvalue weighted by Gasteiger charge is 2.16. The van der Waals surface area contributed by atoms with Crippen LogP contribution in [0.4, 0.5) is 5.69 Å². The molecule has 0 atom stereocenters. The maximum atomic E-state index is 12.1. The first kappa shape index (κ1) is 15.6. The van der Waals surface area contributed by atoms with Crippen LogP contribution in [-0.4, -0.2) is 22.7 Å². The Labute approximate surface area is 131 Å². The van der Waals surface area contributed by atoms with Crippen LogP contribution in [0, 0.1) is 0 Å². The third-order valence-corrected chi connectivity index (χ3v) is 3.39. The summed E-state index contributed by atoms with van der Waals surface area (Å²) in [6, 6.07) is 9.67. The number of nitrogens with one attached hydrogen (secondary N) is 1. The summed E-state index contributed by atoms with van der Waals surface area (Å²) >= 11 is 11.7. The van der Waals surface area contributed by atoms with Crippen LogP contribution in [0.1, 0.15) is 15.9 Å². The molecule has 4 nitrogen and oxygen atoms in total. The lowest BCUT2D eigenvalue weighted by atomic mass is 10.1. The van der Waals surface area contributed by atoms with Gasteiger partial charge in [-0.25, -0.2) is 0 Å². The van der Waals surface area contributed by atoms with Gasteiger partial charge >= 0.3 is 0 Å². The highest BCUT2D eigenvalue weighted by molar-refractivity contribution is 6.37. The molecule has 21 heavy (non-hydrogen) atoms. The van der Waals surface area contributed by atoms with Crippen LogP contribution in [0.25, 0.3) is 0 Å². The third-order valence-electron chi connectivity index (χ3n) is 2.87. The molecule has 0 aliphatic heterocycles. The van der Waals surface area contributed by atoms with Gasteiger partial charge in [-0.15, -0.1) is 0 Å². The molecule has 0 fully saturated rings. The van der Waals surface area contributed by atoms with Gasteiger partial charge in [0.1, 0.15) is 11.3 Å². The van der Waals surface area contributed by atoms with E-state index < -0.39 is 5.91 Å². The van der Waals surface area contributed by atoms with Crippen molar-refractivity contribution in [2.24, 2.45) is 0 Å². The van der Waals surface area contributed by atoms with Crippen LogP contribution in [0.15, 0.2) is 36.4 Å². The highest BCUT2D eigenvalue weighted by Crippen LogP contribution is 2.30. The second kappa shape index (κ2) is 6.80. The van der Waals surface area contributed by atoms with Gasteiger partial charge in [-0.3, -0.25) is 4.79 Å². The molecule has 2 rings (SSSR count). The zero-order valence-electron chi connectivity index (χ0n) is 10.9. The highest BCUT2D eigenvalue weighted by atomic mass is 35.5. The number of aliphatic hydroxyl groups is 1. The van der Waals surface area contributed by atoms with E-state index in [1.807, 2.05) is 0 Å². The normalized spacial score (nSPS) is 10.4. The number of phenols is 1. The number of rotatable bonds is 4. The minimum atomic E-state index is -0.524. The number of halogens is 2. The van der Waals surface area contributed by atoms with Crippen molar-refractivity contribution in [1.29, 1.82) is 0 Å². The standard InChI is InChI=1S/C15H13Cl2NO3/c16-10-7-12(17)14(13(20)8-10)15(21)18-11-3-1-9(2-4-11)5-6-19/h1-4,7-8,19-20H,5-6H2,(H,18,21). The topological polar surface area (TPSA) is 69.6 Å². The Morgan fingerprint density at radius 3 is 2.38 bits per heavy atom. The van der Waals surface area contributed by atoms with Gasteiger partial charge in [0, 0.05) is 17.3 Å². The van der Waals surface area contributed by atoms with E-state index in [0.29, 0.717) is 12.1 Å². The molecule has 2 aromatic rings. The fourth-order valence-corrected chi connectivity index (χ4v) is 2.43. The Bertz CT molecular complexity index is 633. The first-order valence-electron chi connectivity index (χ1n) is 6.20. The van der Waals surface area contributed by atoms with Crippen LogP contribution >= 0.6 is 23.2 Å². The van der Waals surface area contributed by atoms with Crippen molar-refractivity contribution in [3.8, 4) is 5.75 Å². The van der Waals surface area contributed by atoms with Crippen molar-refractivity contribution in [3.05, 3.63) is 57.6 Å². The zero-order valence-corrected chi connectivity index (χ0v) is 12.4. The Morgan fingerprint density at radius 1 is 1.14 bits per heavy atom. The fourth-order valence-electron chi connectivity index (χ4n) is 1.86. The molecule has 0 unspecified atom stereocenters. The number of hydrogen-bond acceptors (Lipinski definition) is 3. The summed E-state index contributed by atoms with van der Waals surface area (Å²) in [6.45, 7) is 0.0694. The van der Waals surface area contributed by atoms with Crippen LogP contribution < -0.4 is 5.32 Å². The van der Waals surface area contributed by atoms with E-state index in [-0.39, 0.29) is 28.0 Å². The summed E-state index contributed by atoms with van der Waals surface area (Å²) in [5.74, 6) is -0.800. The van der Waals surface area contributed by atoms with Crippen molar-refractivity contribution in [3.63, 3.8) is 0 Å². The van der Waals surface area contributed by atoms with E-state index in [1.165, 1.54) is 12.1 Å². The van der Waals surface area contributed by atoms with Gasteiger partial charge in [0.05, 0.1) is 5.02 Å². The van der Waals surface area contributed by atoms with E-state index in [9.17, 15) is 9.90 Å². The van der Waals surface area contributed by atoms with Gasteiger partial charge in [0.25, 0.3) is 5.91 Å². The third kappa shape index (κ3) is 3.88. The van der Waals surface area contributed by atoms with Crippen molar-refractivity contribution < 1.29 is 15.0 Å². The summed E-state index contributed by atoms with van der Waals surface area (Å²) in [5, 5.41) is 21.6. The molecular formula is C15H13Cl2NO3. The molecule has 110 valence electrons. The minimum Gasteiger partial charge on any atom is -0.507 e. The van der Waals surface area contributed by atoms with E-state index in [1.54, 1.807) is 24.3 Å². The van der Waals surface area contributed by atoms with Gasteiger partial charge in [0.15, 0.2) is 0 Å². The largest absolute Gasteiger partial charge is 0.507 e. The molecule has 0 aliphatic carbocycles. The van der Waals surface area contributed by atoms with Gasteiger partial charge in [-0.1, -0.05) is 35.3 Å². The van der Waals surface area contributed by atoms with Crippen molar-refractivity contribution in [2.75, 3.05) is 11.9 Å². The summed E-state index contributed by atoms with van der Waals surface area (Å²) in [7, 11) is 0. The van der Waals surface area contributed by atoms with E-state index >= 15 is 0 Å². The fraction of sp³-hybridized carbons (Fsp3) is 0.133. The average molecular weight is 326 g/mol. The Kier molecular flexibility index (Phi) is 5.07. The van der Waals surface area contributed by atoms with Gasteiger partial charge in [-0.05, 0) is 36.2 Å². The Morgan fingerprint density at radius 2 is 1.81 bits per heavy atom. The molecule has 0 radical (unpaired) electrons. The first-order chi connectivity index (χ1) is 10.0. The number of carbonyl (C=O) groups excluding carboxylic acids is 1. The maximum absolute atomic E-state index is 12.1. The molecule has 0 bridgehead atoms. The molecule has 1 amide bonds. The molecule has 0 spiro atoms. The predicted molar refractivity (Wildman–Crippen MR) is 83.3 cm³/mol. The first-order valence-corrected chi connectivity index (χ1v) is 6.96. The number of carbonyl (C=O) groups is 1. The number of aliphatic hydroxyl groups excluding tert-OH is 1. The summed E-state index contributed by atoms with van der Waals surface area (Å²) in [5.41, 5.74) is 1.50. The Hall–Kier alpha value is -1.75. The van der Waals surface area contributed by atoms with Crippen LogP contribution in [0.5, 0.6) is 5.75 Å². The summed E-state index contributed by atoms with van der Waals surface area (Å²) < 4.78 is 0. The van der Waals surface area contributed by atoms with Gasteiger partial charge in [0.2, 0.25) is 0 Å². The lowest BCUT2D eigenvalue weighted by Gasteiger charge is -2.09. The van der Waals surface area contributed by atoms with E-state index in [4.69, 9.17) is 28.3 Å². The minimum absolute atomic E-state index is 0.0273. The number of amides is 1. The molecular weight excluding hydrogens is 313 g/mol. The van der Waals surface area contributed by atoms with Crippen LogP contribution in [0.3, 0.4) is 0 Å². The number of phenolic OH excluding ortho intramolecular Hbond substituents is 1. The number of hydrogen-bond donors (Lipinski definition) is 3. The summed E-state index contributed by atoms with van der Waals surface area (Å²) in [4.78, 5) is 12.1. The number of anilines is 1. The van der Waals surface area contributed by atoms with E-state index in [0.717, 1.165) is 5.56 Å². The number of aromatic hydroxyl groups is 1. The molecule has 0 saturated heterocycles. The molecule has 0 aliphatic rings. The zero-order chi connectivity index (χ0) is 15.4. The van der Waals surface area contributed by atoms with Gasteiger partial charge in [-0.2, -0.15) is 0 Å². The smallest absolute Gasteiger partial charge is 0.260 e. The average Bonchev–Trinajstić information content (AvgIpc) is 2.40. The van der Waals surface area contributed by atoms with Crippen molar-refractivity contribution >= 4 is 34.8 Å². The summed E-state index contributed by atoms with van der Waals surface area (Å²) in [6.07, 6.45) is 0.554. The lowest BCUT2D eigenvalue weighted by molar-refractivity contribution is 0.102. The predicted octanol–water partition coefficient (Wildman–Crippen LogP) is 3.49. The van der Waals surface area contributed by atoms with Crippen molar-refractivity contribution in [2.45, 2.75) is 6.42 Å². The monoisotopic (exact) mass is 325 g/mol. The second-order valence-electron chi connectivity index (χ2n) is 4.41. The quantitative estimate of drug-likeness (QED) is 0.805.